The summed E-state index contributed by atoms with van der Waals surface area (Å²) < 4.78 is 4.88. The lowest BCUT2D eigenvalue weighted by molar-refractivity contribution is -0.165. The van der Waals surface area contributed by atoms with Gasteiger partial charge < -0.3 is 15.2 Å². The minimum Gasteiger partial charge on any atom is -0.479 e. The summed E-state index contributed by atoms with van der Waals surface area (Å²) >= 11 is 7.39. The summed E-state index contributed by atoms with van der Waals surface area (Å²) in [5, 5.41) is 15.2. The van der Waals surface area contributed by atoms with Crippen LogP contribution in [0, 0.1) is 0 Å². The zero-order valence-corrected chi connectivity index (χ0v) is 16.7. The van der Waals surface area contributed by atoms with Crippen molar-refractivity contribution in [2.24, 2.45) is 0 Å². The number of hydrogen-bond acceptors (Lipinski definition) is 5. The number of carboxylic acids is 1. The molecule has 3 aromatic rings. The number of anilines is 1. The van der Waals surface area contributed by atoms with Crippen LogP contribution in [-0.4, -0.2) is 34.7 Å². The molecule has 0 radical (unpaired) electrons. The second-order valence-electron chi connectivity index (χ2n) is 6.12. The van der Waals surface area contributed by atoms with E-state index in [1.54, 1.807) is 30.3 Å². The third-order valence-corrected chi connectivity index (χ3v) is 5.40. The van der Waals surface area contributed by atoms with Gasteiger partial charge in [-0.1, -0.05) is 35.9 Å². The minimum absolute atomic E-state index is 0.454. The maximum atomic E-state index is 12.3. The number of thiazole rings is 1. The van der Waals surface area contributed by atoms with Gasteiger partial charge in [0.05, 0.1) is 5.69 Å². The van der Waals surface area contributed by atoms with Crippen molar-refractivity contribution in [2.45, 2.75) is 12.5 Å². The van der Waals surface area contributed by atoms with Crippen LogP contribution in [0.2, 0.25) is 5.02 Å². The van der Waals surface area contributed by atoms with Crippen molar-refractivity contribution in [3.8, 4) is 21.8 Å². The lowest BCUT2D eigenvalue weighted by atomic mass is 10.1. The van der Waals surface area contributed by atoms with Crippen LogP contribution in [0.1, 0.15) is 6.92 Å². The van der Waals surface area contributed by atoms with Crippen molar-refractivity contribution in [3.05, 3.63) is 58.9 Å². The predicted octanol–water partition coefficient (Wildman–Crippen LogP) is 4.56. The Hall–Kier alpha value is -2.74. The van der Waals surface area contributed by atoms with Crippen molar-refractivity contribution in [3.63, 3.8) is 0 Å². The summed E-state index contributed by atoms with van der Waals surface area (Å²) in [7, 11) is 1.18. The average Bonchev–Trinajstić information content (AvgIpc) is 3.18. The van der Waals surface area contributed by atoms with Crippen LogP contribution in [0.5, 0.6) is 0 Å². The molecule has 1 amide bonds. The quantitative estimate of drug-likeness (QED) is 0.575. The number of aliphatic carboxylic acids is 1. The molecule has 144 valence electrons. The third-order valence-electron chi connectivity index (χ3n) is 4.26. The van der Waals surface area contributed by atoms with Crippen LogP contribution < -0.4 is 5.32 Å². The first-order valence-electron chi connectivity index (χ1n) is 8.25. The molecule has 2 aromatic carbocycles. The molecule has 0 aliphatic heterocycles. The molecular formula is C20H17ClN2O4S. The van der Waals surface area contributed by atoms with E-state index < -0.39 is 17.5 Å². The van der Waals surface area contributed by atoms with Crippen LogP contribution >= 0.6 is 22.9 Å². The molecule has 1 heterocycles. The van der Waals surface area contributed by atoms with E-state index >= 15 is 0 Å². The summed E-state index contributed by atoms with van der Waals surface area (Å²) in [6.45, 7) is 1.20. The first kappa shape index (κ1) is 20.0. The fraction of sp³-hybridized carbons (Fsp3) is 0.150. The Morgan fingerprint density at radius 1 is 1.18 bits per heavy atom. The first-order chi connectivity index (χ1) is 13.3. The average molecular weight is 417 g/mol. The van der Waals surface area contributed by atoms with E-state index in [1.807, 2.05) is 23.6 Å². The molecule has 0 bridgehead atoms. The molecule has 0 spiro atoms. The molecule has 6 nitrogen and oxygen atoms in total. The Bertz CT molecular complexity index is 1020. The SMILES string of the molecule is COC(C)(C(=O)O)C(=O)Nc1cccc(-c2nc(-c3ccc(Cl)cc3)cs2)c1. The van der Waals surface area contributed by atoms with Crippen molar-refractivity contribution in [2.75, 3.05) is 12.4 Å². The van der Waals surface area contributed by atoms with Crippen LogP contribution in [0.4, 0.5) is 5.69 Å². The highest BCUT2D eigenvalue weighted by molar-refractivity contribution is 7.13. The number of nitrogens with zero attached hydrogens (tertiary/aromatic N) is 1. The lowest BCUT2D eigenvalue weighted by Gasteiger charge is -2.21. The van der Waals surface area contributed by atoms with E-state index in [-0.39, 0.29) is 0 Å². The summed E-state index contributed by atoms with van der Waals surface area (Å²) in [5.41, 5.74) is 1.06. The zero-order chi connectivity index (χ0) is 20.3. The minimum atomic E-state index is -1.97. The number of ether oxygens (including phenoxy) is 1. The smallest absolute Gasteiger partial charge is 0.345 e. The molecular weight excluding hydrogens is 400 g/mol. The van der Waals surface area contributed by atoms with Gasteiger partial charge in [-0.25, -0.2) is 9.78 Å². The number of benzene rings is 2. The molecule has 1 aromatic heterocycles. The number of carbonyl (C=O) groups excluding carboxylic acids is 1. The second-order valence-corrected chi connectivity index (χ2v) is 7.42. The zero-order valence-electron chi connectivity index (χ0n) is 15.1. The van der Waals surface area contributed by atoms with Gasteiger partial charge in [-0.2, -0.15) is 0 Å². The number of amides is 1. The van der Waals surface area contributed by atoms with Crippen molar-refractivity contribution < 1.29 is 19.4 Å². The van der Waals surface area contributed by atoms with Crippen molar-refractivity contribution >= 4 is 40.5 Å². The van der Waals surface area contributed by atoms with Crippen LogP contribution in [0.25, 0.3) is 21.8 Å². The molecule has 3 rings (SSSR count). The highest BCUT2D eigenvalue weighted by Gasteiger charge is 2.41. The third kappa shape index (κ3) is 4.06. The van der Waals surface area contributed by atoms with Crippen LogP contribution in [0.3, 0.4) is 0 Å². The molecule has 8 heteroatoms. The van der Waals surface area contributed by atoms with Gasteiger partial charge in [0, 0.05) is 34.3 Å². The fourth-order valence-electron chi connectivity index (χ4n) is 2.42. The maximum absolute atomic E-state index is 12.3. The van der Waals surface area contributed by atoms with E-state index in [9.17, 15) is 14.7 Å². The Balaban J connectivity index is 1.83. The standard InChI is InChI=1S/C20H17ClN2O4S/c1-20(27-2,19(25)26)18(24)22-15-5-3-4-13(10-15)17-23-16(11-28-17)12-6-8-14(21)9-7-12/h3-11H,1-2H3,(H,22,24)(H,25,26). The van der Waals surface area contributed by atoms with Gasteiger partial charge in [-0.15, -0.1) is 11.3 Å². The molecule has 2 N–H and O–H groups in total. The topological polar surface area (TPSA) is 88.5 Å². The highest BCUT2D eigenvalue weighted by atomic mass is 35.5. The number of rotatable bonds is 6. The van der Waals surface area contributed by atoms with E-state index in [1.165, 1.54) is 25.4 Å². The van der Waals surface area contributed by atoms with Gasteiger partial charge in [0.15, 0.2) is 0 Å². The van der Waals surface area contributed by atoms with Gasteiger partial charge in [0.25, 0.3) is 5.91 Å². The molecule has 28 heavy (non-hydrogen) atoms. The Kier molecular flexibility index (Phi) is 5.79. The summed E-state index contributed by atoms with van der Waals surface area (Å²) in [6.07, 6.45) is 0. The number of hydrogen-bond donors (Lipinski definition) is 2. The van der Waals surface area contributed by atoms with Gasteiger partial charge >= 0.3 is 5.97 Å². The number of methoxy groups -OCH3 is 1. The second kappa shape index (κ2) is 8.10. The maximum Gasteiger partial charge on any atom is 0.345 e. The van der Waals surface area contributed by atoms with Crippen LogP contribution in [-0.2, 0) is 14.3 Å². The summed E-state index contributed by atoms with van der Waals surface area (Å²) in [6, 6.07) is 14.5. The van der Waals surface area contributed by atoms with E-state index in [2.05, 4.69) is 10.3 Å². The monoisotopic (exact) mass is 416 g/mol. The number of carbonyl (C=O) groups is 2. The number of halogens is 1. The Morgan fingerprint density at radius 3 is 2.54 bits per heavy atom. The summed E-state index contributed by atoms with van der Waals surface area (Å²) in [4.78, 5) is 28.3. The number of carboxylic acid groups (broad SMARTS) is 1. The molecule has 1 unspecified atom stereocenters. The Labute approximate surface area is 170 Å². The first-order valence-corrected chi connectivity index (χ1v) is 9.51. The normalized spacial score (nSPS) is 13.0. The fourth-order valence-corrected chi connectivity index (χ4v) is 3.37. The van der Waals surface area contributed by atoms with E-state index in [4.69, 9.17) is 16.3 Å². The molecule has 0 aliphatic carbocycles. The highest BCUT2D eigenvalue weighted by Crippen LogP contribution is 2.31. The molecule has 1 atom stereocenters. The molecule has 0 aliphatic rings. The van der Waals surface area contributed by atoms with Gasteiger partial charge in [0.1, 0.15) is 5.01 Å². The predicted molar refractivity (Wildman–Crippen MR) is 110 cm³/mol. The largest absolute Gasteiger partial charge is 0.479 e. The number of nitrogens with one attached hydrogen (secondary N) is 1. The lowest BCUT2D eigenvalue weighted by Crippen LogP contribution is -2.48. The van der Waals surface area contributed by atoms with E-state index in [0.717, 1.165) is 21.8 Å². The van der Waals surface area contributed by atoms with Crippen LogP contribution in [0.15, 0.2) is 53.9 Å². The van der Waals surface area contributed by atoms with Crippen molar-refractivity contribution in [1.82, 2.24) is 4.98 Å². The Morgan fingerprint density at radius 2 is 1.89 bits per heavy atom. The van der Waals surface area contributed by atoms with Gasteiger partial charge in [0.2, 0.25) is 5.60 Å². The van der Waals surface area contributed by atoms with Crippen molar-refractivity contribution in [1.29, 1.82) is 0 Å². The van der Waals surface area contributed by atoms with E-state index in [0.29, 0.717) is 10.7 Å². The molecule has 0 saturated heterocycles. The number of aromatic nitrogens is 1. The molecule has 0 saturated carbocycles. The van der Waals surface area contributed by atoms with Gasteiger partial charge in [-0.05, 0) is 31.2 Å². The summed E-state index contributed by atoms with van der Waals surface area (Å²) in [5.74, 6) is -2.13. The molecule has 0 fully saturated rings. The van der Waals surface area contributed by atoms with Gasteiger partial charge in [-0.3, -0.25) is 4.79 Å².